The van der Waals surface area contributed by atoms with Crippen LogP contribution in [0.3, 0.4) is 0 Å². The predicted octanol–water partition coefficient (Wildman–Crippen LogP) is 4.06. The molecule has 0 saturated carbocycles. The third-order valence-electron chi connectivity index (χ3n) is 4.70. The van der Waals surface area contributed by atoms with Gasteiger partial charge in [-0.25, -0.2) is 4.79 Å². The fourth-order valence-electron chi connectivity index (χ4n) is 3.50. The number of nitrogens with one attached hydrogen (secondary N) is 1. The van der Waals surface area contributed by atoms with Crippen LogP contribution in [0.1, 0.15) is 49.6 Å². The molecule has 1 aliphatic carbocycles. The van der Waals surface area contributed by atoms with Gasteiger partial charge in [0.15, 0.2) is 0 Å². The van der Waals surface area contributed by atoms with Crippen LogP contribution in [0.5, 0.6) is 0 Å². The number of nitriles is 1. The zero-order valence-electron chi connectivity index (χ0n) is 16.1. The van der Waals surface area contributed by atoms with E-state index in [2.05, 4.69) is 28.5 Å². The number of pyridine rings is 1. The van der Waals surface area contributed by atoms with E-state index in [1.165, 1.54) is 0 Å². The molecule has 5 heteroatoms. The molecule has 5 nitrogen and oxygen atoms in total. The number of benzene rings is 1. The van der Waals surface area contributed by atoms with E-state index in [9.17, 15) is 10.1 Å². The third-order valence-corrected chi connectivity index (χ3v) is 4.70. The van der Waals surface area contributed by atoms with Gasteiger partial charge in [-0.2, -0.15) is 5.26 Å². The van der Waals surface area contributed by atoms with Gasteiger partial charge in [0.1, 0.15) is 11.0 Å². The molecule has 1 heterocycles. The van der Waals surface area contributed by atoms with Gasteiger partial charge in [-0.3, -0.25) is 4.98 Å². The number of hydrogen-bond acceptors (Lipinski definition) is 4. The summed E-state index contributed by atoms with van der Waals surface area (Å²) in [6, 6.07) is 14.6. The van der Waals surface area contributed by atoms with Crippen LogP contribution >= 0.6 is 0 Å². The Balaban J connectivity index is 1.73. The SMILES string of the molecule is CC(C)(C)OC(=O)NCc1cnc2c(c1)CC[C@@]2(C#N)Cc1ccccc1. The van der Waals surface area contributed by atoms with Crippen molar-refractivity contribution in [3.63, 3.8) is 0 Å². The van der Waals surface area contributed by atoms with Gasteiger partial charge >= 0.3 is 6.09 Å². The average Bonchev–Trinajstić information content (AvgIpc) is 2.98. The second-order valence-corrected chi connectivity index (χ2v) is 8.06. The quantitative estimate of drug-likeness (QED) is 0.889. The Hall–Kier alpha value is -2.87. The first-order valence-corrected chi connectivity index (χ1v) is 9.22. The molecular formula is C22H25N3O2. The number of ether oxygens (including phenoxy) is 1. The van der Waals surface area contributed by atoms with E-state index in [0.29, 0.717) is 13.0 Å². The summed E-state index contributed by atoms with van der Waals surface area (Å²) in [5.74, 6) is 0. The molecule has 2 aromatic rings. The van der Waals surface area contributed by atoms with E-state index in [-0.39, 0.29) is 0 Å². The van der Waals surface area contributed by atoms with Gasteiger partial charge in [0.05, 0.1) is 11.8 Å². The highest BCUT2D eigenvalue weighted by molar-refractivity contribution is 5.67. The molecule has 27 heavy (non-hydrogen) atoms. The highest BCUT2D eigenvalue weighted by Crippen LogP contribution is 2.40. The van der Waals surface area contributed by atoms with Crippen LogP contribution in [0.4, 0.5) is 4.79 Å². The minimum atomic E-state index is -0.576. The second kappa shape index (κ2) is 7.40. The maximum Gasteiger partial charge on any atom is 0.407 e. The zero-order valence-corrected chi connectivity index (χ0v) is 16.1. The van der Waals surface area contributed by atoms with Gasteiger partial charge in [-0.1, -0.05) is 36.4 Å². The van der Waals surface area contributed by atoms with Gasteiger partial charge in [0, 0.05) is 12.7 Å². The maximum atomic E-state index is 11.8. The number of carbonyl (C=O) groups is 1. The summed E-state index contributed by atoms with van der Waals surface area (Å²) in [7, 11) is 0. The van der Waals surface area contributed by atoms with Crippen molar-refractivity contribution in [1.82, 2.24) is 10.3 Å². The molecule has 1 amide bonds. The molecule has 1 aromatic heterocycles. The lowest BCUT2D eigenvalue weighted by molar-refractivity contribution is 0.0523. The summed E-state index contributed by atoms with van der Waals surface area (Å²) in [4.78, 5) is 16.4. The molecule has 0 bridgehead atoms. The molecule has 3 rings (SSSR count). The monoisotopic (exact) mass is 363 g/mol. The van der Waals surface area contributed by atoms with E-state index < -0.39 is 17.1 Å². The summed E-state index contributed by atoms with van der Waals surface area (Å²) in [6.45, 7) is 5.85. The number of aryl methyl sites for hydroxylation is 1. The average molecular weight is 363 g/mol. The summed E-state index contributed by atoms with van der Waals surface area (Å²) in [6.07, 6.45) is 3.56. The summed E-state index contributed by atoms with van der Waals surface area (Å²) < 4.78 is 5.26. The smallest absolute Gasteiger partial charge is 0.407 e. The first-order chi connectivity index (χ1) is 12.8. The minimum absolute atomic E-state index is 0.355. The Morgan fingerprint density at radius 2 is 2.04 bits per heavy atom. The Labute approximate surface area is 160 Å². The number of rotatable bonds is 4. The van der Waals surface area contributed by atoms with E-state index in [0.717, 1.165) is 35.2 Å². The van der Waals surface area contributed by atoms with Crippen molar-refractivity contribution in [1.29, 1.82) is 5.26 Å². The Morgan fingerprint density at radius 3 is 2.70 bits per heavy atom. The van der Waals surface area contributed by atoms with Crippen molar-refractivity contribution in [2.75, 3.05) is 0 Å². The van der Waals surface area contributed by atoms with Crippen molar-refractivity contribution >= 4 is 6.09 Å². The van der Waals surface area contributed by atoms with Crippen LogP contribution < -0.4 is 5.32 Å². The number of carbonyl (C=O) groups excluding carboxylic acids is 1. The van der Waals surface area contributed by atoms with Crippen LogP contribution in [-0.4, -0.2) is 16.7 Å². The number of nitrogens with zero attached hydrogens (tertiary/aromatic N) is 2. The largest absolute Gasteiger partial charge is 0.444 e. The van der Waals surface area contributed by atoms with E-state index >= 15 is 0 Å². The highest BCUT2D eigenvalue weighted by atomic mass is 16.6. The normalized spacial score (nSPS) is 18.4. The van der Waals surface area contributed by atoms with E-state index in [1.807, 2.05) is 45.0 Å². The number of hydrogen-bond donors (Lipinski definition) is 1. The molecule has 0 radical (unpaired) electrons. The van der Waals surface area contributed by atoms with E-state index in [1.54, 1.807) is 6.20 Å². The Kier molecular flexibility index (Phi) is 5.18. The van der Waals surface area contributed by atoms with Crippen molar-refractivity contribution in [2.24, 2.45) is 0 Å². The van der Waals surface area contributed by atoms with Crippen molar-refractivity contribution < 1.29 is 9.53 Å². The molecule has 1 aromatic carbocycles. The van der Waals surface area contributed by atoms with Gasteiger partial charge in [0.2, 0.25) is 0 Å². The van der Waals surface area contributed by atoms with Crippen LogP contribution in [-0.2, 0) is 29.5 Å². The fourth-order valence-corrected chi connectivity index (χ4v) is 3.50. The lowest BCUT2D eigenvalue weighted by Gasteiger charge is -2.21. The van der Waals surface area contributed by atoms with Gasteiger partial charge in [-0.05, 0) is 56.7 Å². The first kappa shape index (κ1) is 18.9. The first-order valence-electron chi connectivity index (χ1n) is 9.22. The predicted molar refractivity (Wildman–Crippen MR) is 103 cm³/mol. The third kappa shape index (κ3) is 4.46. The molecule has 1 N–H and O–H groups in total. The Bertz CT molecular complexity index is 865. The summed E-state index contributed by atoms with van der Waals surface area (Å²) >= 11 is 0. The van der Waals surface area contributed by atoms with Crippen molar-refractivity contribution in [3.8, 4) is 6.07 Å². The van der Waals surface area contributed by atoms with Crippen LogP contribution in [0.25, 0.3) is 0 Å². The molecule has 0 aliphatic heterocycles. The molecule has 0 fully saturated rings. The lowest BCUT2D eigenvalue weighted by Crippen LogP contribution is -2.32. The lowest BCUT2D eigenvalue weighted by atomic mass is 9.80. The zero-order chi connectivity index (χ0) is 19.5. The van der Waals surface area contributed by atoms with Crippen LogP contribution in [0.2, 0.25) is 0 Å². The summed E-state index contributed by atoms with van der Waals surface area (Å²) in [5.41, 5.74) is 2.92. The van der Waals surface area contributed by atoms with Crippen LogP contribution in [0.15, 0.2) is 42.6 Å². The Morgan fingerprint density at radius 1 is 1.30 bits per heavy atom. The standard InChI is InChI=1S/C22H25N3O2/c1-21(2,3)27-20(26)25-14-17-11-18-9-10-22(15-23,19(18)24-13-17)12-16-7-5-4-6-8-16/h4-8,11,13H,9-10,12,14H2,1-3H3,(H,25,26)/t22-/m0/s1. The second-order valence-electron chi connectivity index (χ2n) is 8.06. The van der Waals surface area contributed by atoms with E-state index in [4.69, 9.17) is 4.74 Å². The highest BCUT2D eigenvalue weighted by Gasteiger charge is 2.40. The summed E-state index contributed by atoms with van der Waals surface area (Å²) in [5, 5.41) is 12.7. The molecule has 0 spiro atoms. The van der Waals surface area contributed by atoms with Gasteiger partial charge in [0.25, 0.3) is 0 Å². The molecule has 1 atom stereocenters. The topological polar surface area (TPSA) is 75.0 Å². The maximum absolute atomic E-state index is 11.8. The molecular weight excluding hydrogens is 338 g/mol. The molecule has 140 valence electrons. The fraction of sp³-hybridized carbons (Fsp3) is 0.409. The number of aromatic nitrogens is 1. The minimum Gasteiger partial charge on any atom is -0.444 e. The number of fused-ring (bicyclic) bond motifs is 1. The molecule has 1 aliphatic rings. The number of amides is 1. The molecule has 0 saturated heterocycles. The van der Waals surface area contributed by atoms with Gasteiger partial charge in [-0.15, -0.1) is 0 Å². The van der Waals surface area contributed by atoms with Crippen LogP contribution in [0, 0.1) is 11.3 Å². The van der Waals surface area contributed by atoms with Crippen molar-refractivity contribution in [3.05, 3.63) is 65.0 Å². The number of alkyl carbamates (subject to hydrolysis) is 1. The van der Waals surface area contributed by atoms with Crippen molar-refractivity contribution in [2.45, 2.75) is 57.6 Å². The van der Waals surface area contributed by atoms with Gasteiger partial charge < -0.3 is 10.1 Å². The molecule has 0 unspecified atom stereocenters.